The highest BCUT2D eigenvalue weighted by atomic mass is 35.5. The number of nitrogens with zero attached hydrogens (tertiary/aromatic N) is 4. The summed E-state index contributed by atoms with van der Waals surface area (Å²) in [6.07, 6.45) is -0.0222. The highest BCUT2D eigenvalue weighted by Crippen LogP contribution is 2.24. The second-order valence-electron chi connectivity index (χ2n) is 4.50. The lowest BCUT2D eigenvalue weighted by Crippen LogP contribution is -2.20. The number of ether oxygens (including phenoxy) is 1. The van der Waals surface area contributed by atoms with E-state index in [2.05, 4.69) is 15.0 Å². The van der Waals surface area contributed by atoms with Crippen molar-refractivity contribution in [1.82, 2.24) is 15.0 Å². The van der Waals surface area contributed by atoms with Crippen molar-refractivity contribution in [2.45, 2.75) is 26.5 Å². The fourth-order valence-electron chi connectivity index (χ4n) is 1.54. The Kier molecular flexibility index (Phi) is 4.61. The molecule has 0 saturated carbocycles. The minimum absolute atomic E-state index is 0.0222. The van der Waals surface area contributed by atoms with Gasteiger partial charge in [-0.3, -0.25) is 0 Å². The molecule has 0 amide bonds. The van der Waals surface area contributed by atoms with Gasteiger partial charge in [0.2, 0.25) is 11.9 Å². The molecule has 0 radical (unpaired) electrons. The van der Waals surface area contributed by atoms with Crippen molar-refractivity contribution in [1.29, 1.82) is 0 Å². The molecule has 2 heterocycles. The number of halogens is 1. The van der Waals surface area contributed by atoms with E-state index < -0.39 is 0 Å². The number of anilines is 2. The van der Waals surface area contributed by atoms with Crippen LogP contribution < -0.4 is 15.4 Å². The minimum atomic E-state index is -0.0222. The van der Waals surface area contributed by atoms with Gasteiger partial charge in [-0.25, -0.2) is 0 Å². The maximum absolute atomic E-state index is 5.92. The average molecular weight is 314 g/mol. The van der Waals surface area contributed by atoms with E-state index in [0.717, 1.165) is 9.21 Å². The zero-order valence-corrected chi connectivity index (χ0v) is 13.1. The molecule has 0 aliphatic rings. The van der Waals surface area contributed by atoms with Crippen LogP contribution in [0.2, 0.25) is 4.34 Å². The zero-order chi connectivity index (χ0) is 14.7. The normalized spacial score (nSPS) is 10.8. The van der Waals surface area contributed by atoms with E-state index in [1.165, 1.54) is 11.3 Å². The van der Waals surface area contributed by atoms with E-state index in [1.807, 2.05) is 37.9 Å². The maximum Gasteiger partial charge on any atom is 0.323 e. The summed E-state index contributed by atoms with van der Waals surface area (Å²) in [4.78, 5) is 15.3. The van der Waals surface area contributed by atoms with E-state index in [1.54, 1.807) is 0 Å². The summed E-state index contributed by atoms with van der Waals surface area (Å²) in [7, 11) is 1.88. The molecule has 8 heteroatoms. The third-order valence-electron chi connectivity index (χ3n) is 2.32. The Hall–Kier alpha value is -1.60. The third kappa shape index (κ3) is 3.94. The smallest absolute Gasteiger partial charge is 0.323 e. The van der Waals surface area contributed by atoms with Gasteiger partial charge in [0.25, 0.3) is 0 Å². The van der Waals surface area contributed by atoms with Gasteiger partial charge in [-0.05, 0) is 26.0 Å². The minimum Gasteiger partial charge on any atom is -0.461 e. The quantitative estimate of drug-likeness (QED) is 0.914. The summed E-state index contributed by atoms with van der Waals surface area (Å²) in [5.41, 5.74) is 5.68. The van der Waals surface area contributed by atoms with Crippen molar-refractivity contribution in [3.63, 3.8) is 0 Å². The number of hydrogen-bond acceptors (Lipinski definition) is 7. The second kappa shape index (κ2) is 6.23. The van der Waals surface area contributed by atoms with E-state index in [-0.39, 0.29) is 18.1 Å². The highest BCUT2D eigenvalue weighted by molar-refractivity contribution is 7.16. The molecule has 0 aliphatic heterocycles. The Labute approximate surface area is 126 Å². The molecule has 6 nitrogen and oxygen atoms in total. The van der Waals surface area contributed by atoms with Crippen molar-refractivity contribution in [2.75, 3.05) is 17.7 Å². The van der Waals surface area contributed by atoms with Gasteiger partial charge >= 0.3 is 6.01 Å². The Morgan fingerprint density at radius 2 is 2.10 bits per heavy atom. The van der Waals surface area contributed by atoms with Crippen molar-refractivity contribution in [3.8, 4) is 6.01 Å². The predicted octanol–water partition coefficient (Wildman–Crippen LogP) is 2.59. The average Bonchev–Trinajstić information content (AvgIpc) is 2.73. The van der Waals surface area contributed by atoms with Crippen LogP contribution in [0.15, 0.2) is 12.1 Å². The van der Waals surface area contributed by atoms with Crippen LogP contribution >= 0.6 is 22.9 Å². The van der Waals surface area contributed by atoms with Gasteiger partial charge < -0.3 is 15.4 Å². The van der Waals surface area contributed by atoms with Crippen LogP contribution in [-0.2, 0) is 6.54 Å². The Morgan fingerprint density at radius 3 is 2.70 bits per heavy atom. The molecular formula is C12H16ClN5OS. The van der Waals surface area contributed by atoms with Crippen LogP contribution in [0.3, 0.4) is 0 Å². The van der Waals surface area contributed by atoms with Gasteiger partial charge in [-0.15, -0.1) is 11.3 Å². The number of thiophene rings is 1. The number of hydrogen-bond donors (Lipinski definition) is 1. The lowest BCUT2D eigenvalue weighted by Gasteiger charge is -2.17. The Balaban J connectivity index is 2.16. The maximum atomic E-state index is 5.92. The fraction of sp³-hybridized carbons (Fsp3) is 0.417. The van der Waals surface area contributed by atoms with Crippen LogP contribution in [0.1, 0.15) is 18.7 Å². The first-order chi connectivity index (χ1) is 9.44. The van der Waals surface area contributed by atoms with Gasteiger partial charge in [-0.1, -0.05) is 11.6 Å². The van der Waals surface area contributed by atoms with Gasteiger partial charge in [0.1, 0.15) is 0 Å². The van der Waals surface area contributed by atoms with Crippen molar-refractivity contribution in [3.05, 3.63) is 21.3 Å². The molecule has 0 fully saturated rings. The van der Waals surface area contributed by atoms with E-state index in [0.29, 0.717) is 12.5 Å². The first kappa shape index (κ1) is 14.8. The van der Waals surface area contributed by atoms with E-state index in [9.17, 15) is 0 Å². The van der Waals surface area contributed by atoms with Crippen LogP contribution in [-0.4, -0.2) is 28.1 Å². The van der Waals surface area contributed by atoms with Gasteiger partial charge in [-0.2, -0.15) is 15.0 Å². The summed E-state index contributed by atoms with van der Waals surface area (Å²) < 4.78 is 6.21. The van der Waals surface area contributed by atoms with E-state index in [4.69, 9.17) is 22.1 Å². The third-order valence-corrected chi connectivity index (χ3v) is 3.54. The number of aromatic nitrogens is 3. The summed E-state index contributed by atoms with van der Waals surface area (Å²) in [5.74, 6) is 0.611. The molecule has 2 aromatic rings. The first-order valence-electron chi connectivity index (χ1n) is 6.07. The lowest BCUT2D eigenvalue weighted by atomic mass is 10.4. The highest BCUT2D eigenvalue weighted by Gasteiger charge is 2.12. The van der Waals surface area contributed by atoms with Crippen LogP contribution in [0.5, 0.6) is 6.01 Å². The zero-order valence-electron chi connectivity index (χ0n) is 11.5. The van der Waals surface area contributed by atoms with Crippen LogP contribution in [0.25, 0.3) is 0 Å². The summed E-state index contributed by atoms with van der Waals surface area (Å²) in [6, 6.07) is 4.07. The lowest BCUT2D eigenvalue weighted by molar-refractivity contribution is 0.222. The largest absolute Gasteiger partial charge is 0.461 e. The molecule has 108 valence electrons. The molecule has 2 aromatic heterocycles. The summed E-state index contributed by atoms with van der Waals surface area (Å²) in [6.45, 7) is 4.44. The molecule has 0 unspecified atom stereocenters. The molecule has 0 aliphatic carbocycles. The summed E-state index contributed by atoms with van der Waals surface area (Å²) in [5, 5.41) is 0. The number of rotatable bonds is 5. The second-order valence-corrected chi connectivity index (χ2v) is 6.30. The Morgan fingerprint density at radius 1 is 1.35 bits per heavy atom. The molecule has 0 atom stereocenters. The van der Waals surface area contributed by atoms with Crippen LogP contribution in [0.4, 0.5) is 11.9 Å². The van der Waals surface area contributed by atoms with E-state index >= 15 is 0 Å². The Bertz CT molecular complexity index is 589. The van der Waals surface area contributed by atoms with Gasteiger partial charge in [0.15, 0.2) is 0 Å². The van der Waals surface area contributed by atoms with Crippen molar-refractivity contribution >= 4 is 34.8 Å². The molecule has 2 N–H and O–H groups in total. The number of nitrogen functional groups attached to an aromatic ring is 1. The molecule has 0 bridgehead atoms. The molecule has 20 heavy (non-hydrogen) atoms. The molecule has 0 spiro atoms. The molecular weight excluding hydrogens is 298 g/mol. The molecule has 0 saturated heterocycles. The fourth-order valence-corrected chi connectivity index (χ4v) is 2.68. The van der Waals surface area contributed by atoms with Crippen LogP contribution in [0, 0.1) is 0 Å². The van der Waals surface area contributed by atoms with Gasteiger partial charge in [0.05, 0.1) is 17.0 Å². The predicted molar refractivity (Wildman–Crippen MR) is 81.4 cm³/mol. The van der Waals surface area contributed by atoms with Crippen molar-refractivity contribution < 1.29 is 4.74 Å². The molecule has 0 aromatic carbocycles. The molecule has 2 rings (SSSR count). The monoisotopic (exact) mass is 313 g/mol. The first-order valence-corrected chi connectivity index (χ1v) is 7.27. The standard InChI is InChI=1S/C12H16ClN5OS/c1-7(2)19-12-16-10(14)15-11(17-12)18(3)6-8-4-5-9(13)20-8/h4-5,7H,6H2,1-3H3,(H2,14,15,16,17). The SMILES string of the molecule is CC(C)Oc1nc(N)nc(N(C)Cc2ccc(Cl)s2)n1. The van der Waals surface area contributed by atoms with Crippen molar-refractivity contribution in [2.24, 2.45) is 0 Å². The topological polar surface area (TPSA) is 77.2 Å². The summed E-state index contributed by atoms with van der Waals surface area (Å²) >= 11 is 7.44. The number of nitrogens with two attached hydrogens (primary N) is 1. The van der Waals surface area contributed by atoms with Gasteiger partial charge in [0, 0.05) is 11.9 Å².